The number of hydrogen-bond donors (Lipinski definition) is 1. The van der Waals surface area contributed by atoms with Crippen LogP contribution >= 0.6 is 27.5 Å². The van der Waals surface area contributed by atoms with Crippen LogP contribution in [0.25, 0.3) is 0 Å². The van der Waals surface area contributed by atoms with Gasteiger partial charge in [-0.25, -0.2) is 0 Å². The lowest BCUT2D eigenvalue weighted by molar-refractivity contribution is -0.137. The summed E-state index contributed by atoms with van der Waals surface area (Å²) in [7, 11) is 0. The van der Waals surface area contributed by atoms with Crippen LogP contribution < -0.4 is 0 Å². The third-order valence-electron chi connectivity index (χ3n) is 1.64. The molecule has 78 valence electrons. The maximum atomic E-state index is 12.3. The summed E-state index contributed by atoms with van der Waals surface area (Å²) < 4.78 is 37.0. The van der Waals surface area contributed by atoms with Crippen molar-refractivity contribution in [3.63, 3.8) is 0 Å². The second-order valence-electron chi connectivity index (χ2n) is 2.56. The second-order valence-corrected chi connectivity index (χ2v) is 3.73. The third kappa shape index (κ3) is 2.21. The van der Waals surface area contributed by atoms with E-state index in [2.05, 4.69) is 15.9 Å². The fourth-order valence-electron chi connectivity index (χ4n) is 0.930. The molecule has 0 atom stereocenters. The summed E-state index contributed by atoms with van der Waals surface area (Å²) in [5.74, 6) is 0. The number of alkyl halides is 3. The number of rotatable bonds is 1. The highest BCUT2D eigenvalue weighted by atomic mass is 79.9. The van der Waals surface area contributed by atoms with Crippen LogP contribution in [0.2, 0.25) is 5.02 Å². The van der Waals surface area contributed by atoms with Gasteiger partial charge in [-0.15, -0.1) is 0 Å². The van der Waals surface area contributed by atoms with E-state index >= 15 is 0 Å². The van der Waals surface area contributed by atoms with Gasteiger partial charge in [0.15, 0.2) is 0 Å². The maximum absolute atomic E-state index is 12.3. The molecule has 1 nitrogen and oxygen atoms in total. The van der Waals surface area contributed by atoms with E-state index in [4.69, 9.17) is 16.7 Å². The molecule has 14 heavy (non-hydrogen) atoms. The average Bonchev–Trinajstić information content (AvgIpc) is 2.07. The molecular weight excluding hydrogens is 284 g/mol. The van der Waals surface area contributed by atoms with Gasteiger partial charge in [0, 0.05) is 4.47 Å². The highest BCUT2D eigenvalue weighted by Gasteiger charge is 2.34. The molecule has 0 heterocycles. The first-order valence-corrected chi connectivity index (χ1v) is 4.70. The van der Waals surface area contributed by atoms with Crippen LogP contribution in [-0.2, 0) is 12.8 Å². The van der Waals surface area contributed by atoms with E-state index in [1.165, 1.54) is 6.07 Å². The standard InChI is InChI=1S/C8H5BrClF3O/c9-6-4(3-14)1-2-5(7(6)10)8(11,12)13/h1-2,14H,3H2. The Hall–Kier alpha value is -0.260. The first-order valence-electron chi connectivity index (χ1n) is 3.53. The van der Waals surface area contributed by atoms with Gasteiger partial charge in [0.2, 0.25) is 0 Å². The Labute approximate surface area is 91.6 Å². The van der Waals surface area contributed by atoms with Gasteiger partial charge in [-0.2, -0.15) is 13.2 Å². The molecule has 0 aliphatic carbocycles. The summed E-state index contributed by atoms with van der Waals surface area (Å²) in [6.07, 6.45) is -4.48. The summed E-state index contributed by atoms with van der Waals surface area (Å²) >= 11 is 8.38. The monoisotopic (exact) mass is 288 g/mol. The minimum atomic E-state index is -4.48. The van der Waals surface area contributed by atoms with E-state index in [1.807, 2.05) is 0 Å². The Morgan fingerprint density at radius 1 is 1.36 bits per heavy atom. The lowest BCUT2D eigenvalue weighted by atomic mass is 10.1. The van der Waals surface area contributed by atoms with E-state index in [1.54, 1.807) is 0 Å². The smallest absolute Gasteiger partial charge is 0.392 e. The molecule has 1 aromatic carbocycles. The summed E-state index contributed by atoms with van der Waals surface area (Å²) in [5, 5.41) is 8.34. The molecule has 0 aromatic heterocycles. The van der Waals surface area contributed by atoms with E-state index < -0.39 is 16.8 Å². The van der Waals surface area contributed by atoms with Crippen molar-refractivity contribution in [2.24, 2.45) is 0 Å². The van der Waals surface area contributed by atoms with Crippen LogP contribution in [0.4, 0.5) is 13.2 Å². The quantitative estimate of drug-likeness (QED) is 0.837. The predicted molar refractivity (Wildman–Crippen MR) is 50.1 cm³/mol. The lowest BCUT2D eigenvalue weighted by Gasteiger charge is -2.11. The molecule has 0 spiro atoms. The zero-order chi connectivity index (χ0) is 10.9. The van der Waals surface area contributed by atoms with Gasteiger partial charge in [-0.05, 0) is 27.6 Å². The first-order chi connectivity index (χ1) is 6.38. The molecule has 1 N–H and O–H groups in total. The van der Waals surface area contributed by atoms with Crippen LogP contribution in [-0.4, -0.2) is 5.11 Å². The normalized spacial score (nSPS) is 11.9. The molecule has 0 radical (unpaired) electrons. The molecule has 0 amide bonds. The molecule has 0 saturated carbocycles. The highest BCUT2D eigenvalue weighted by Crippen LogP contribution is 2.39. The molecule has 6 heteroatoms. The maximum Gasteiger partial charge on any atom is 0.417 e. The van der Waals surface area contributed by atoms with Gasteiger partial charge in [0.05, 0.1) is 17.2 Å². The molecule has 1 aromatic rings. The zero-order valence-electron chi connectivity index (χ0n) is 6.70. The summed E-state index contributed by atoms with van der Waals surface area (Å²) in [6.45, 7) is -0.363. The van der Waals surface area contributed by atoms with Crippen LogP contribution in [0.5, 0.6) is 0 Å². The van der Waals surface area contributed by atoms with Crippen LogP contribution in [0.3, 0.4) is 0 Å². The highest BCUT2D eigenvalue weighted by molar-refractivity contribution is 9.10. The van der Waals surface area contributed by atoms with Gasteiger partial charge in [-0.3, -0.25) is 0 Å². The lowest BCUT2D eigenvalue weighted by Crippen LogP contribution is -2.06. The molecule has 0 bridgehead atoms. The van der Waals surface area contributed by atoms with Gasteiger partial charge < -0.3 is 5.11 Å². The number of hydrogen-bond acceptors (Lipinski definition) is 1. The predicted octanol–water partition coefficient (Wildman–Crippen LogP) is 3.61. The van der Waals surface area contributed by atoms with Crippen LogP contribution in [0.1, 0.15) is 11.1 Å². The topological polar surface area (TPSA) is 20.2 Å². The molecule has 0 unspecified atom stereocenters. The van der Waals surface area contributed by atoms with Crippen LogP contribution in [0.15, 0.2) is 16.6 Å². The minimum absolute atomic E-state index is 0.0801. The van der Waals surface area contributed by atoms with Crippen molar-refractivity contribution < 1.29 is 18.3 Å². The Morgan fingerprint density at radius 3 is 2.36 bits per heavy atom. The SMILES string of the molecule is OCc1ccc(C(F)(F)F)c(Cl)c1Br. The van der Waals surface area contributed by atoms with E-state index in [9.17, 15) is 13.2 Å². The van der Waals surface area contributed by atoms with Gasteiger partial charge in [0.25, 0.3) is 0 Å². The van der Waals surface area contributed by atoms with E-state index in [-0.39, 0.29) is 11.1 Å². The molecular formula is C8H5BrClF3O. The Morgan fingerprint density at radius 2 is 1.93 bits per heavy atom. The fraction of sp³-hybridized carbons (Fsp3) is 0.250. The minimum Gasteiger partial charge on any atom is -0.392 e. The van der Waals surface area contributed by atoms with Crippen molar-refractivity contribution >= 4 is 27.5 Å². The Balaban J connectivity index is 3.31. The Kier molecular flexibility index (Phi) is 3.44. The Bertz CT molecular complexity index is 351. The van der Waals surface area contributed by atoms with Crippen molar-refractivity contribution in [1.82, 2.24) is 0 Å². The largest absolute Gasteiger partial charge is 0.417 e. The van der Waals surface area contributed by atoms with Crippen molar-refractivity contribution in [2.75, 3.05) is 0 Å². The second kappa shape index (κ2) is 4.08. The molecule has 0 fully saturated rings. The summed E-state index contributed by atoms with van der Waals surface area (Å²) in [6, 6.07) is 2.03. The van der Waals surface area contributed by atoms with Crippen LogP contribution in [0, 0.1) is 0 Å². The molecule has 1 rings (SSSR count). The van der Waals surface area contributed by atoms with E-state index in [0.29, 0.717) is 5.56 Å². The summed E-state index contributed by atoms with van der Waals surface area (Å²) in [5.41, 5.74) is -0.591. The number of benzene rings is 1. The van der Waals surface area contributed by atoms with E-state index in [0.717, 1.165) is 6.07 Å². The number of aliphatic hydroxyl groups excluding tert-OH is 1. The third-order valence-corrected chi connectivity index (χ3v) is 3.16. The number of halogens is 5. The molecule has 0 aliphatic rings. The zero-order valence-corrected chi connectivity index (χ0v) is 9.04. The van der Waals surface area contributed by atoms with Gasteiger partial charge >= 0.3 is 6.18 Å². The van der Waals surface area contributed by atoms with Gasteiger partial charge in [0.1, 0.15) is 0 Å². The number of aliphatic hydroxyl groups is 1. The van der Waals surface area contributed by atoms with Gasteiger partial charge in [-0.1, -0.05) is 17.7 Å². The molecule has 0 aliphatic heterocycles. The average molecular weight is 289 g/mol. The van der Waals surface area contributed by atoms with Crippen molar-refractivity contribution in [2.45, 2.75) is 12.8 Å². The fourth-order valence-corrected chi connectivity index (χ4v) is 1.69. The first kappa shape index (κ1) is 11.8. The van der Waals surface area contributed by atoms with Crippen molar-refractivity contribution in [3.05, 3.63) is 32.8 Å². The summed E-state index contributed by atoms with van der Waals surface area (Å²) in [4.78, 5) is 0. The van der Waals surface area contributed by atoms with Crippen molar-refractivity contribution in [1.29, 1.82) is 0 Å². The molecule has 0 saturated heterocycles. The van der Waals surface area contributed by atoms with Crippen molar-refractivity contribution in [3.8, 4) is 0 Å².